The molecule has 2 aromatic carbocycles. The molecule has 0 spiro atoms. The second-order valence-electron chi connectivity index (χ2n) is 5.29. The van der Waals surface area contributed by atoms with Crippen LogP contribution in [0.3, 0.4) is 0 Å². The van der Waals surface area contributed by atoms with Gasteiger partial charge in [0.2, 0.25) is 0 Å². The Kier molecular flexibility index (Phi) is 5.90. The molecular formula is C17H19F2NO3. The van der Waals surface area contributed by atoms with Crippen LogP contribution in [0.25, 0.3) is 0 Å². The summed E-state index contributed by atoms with van der Waals surface area (Å²) in [6.07, 6.45) is -0.772. The van der Waals surface area contributed by atoms with E-state index in [9.17, 15) is 19.0 Å². The van der Waals surface area contributed by atoms with Gasteiger partial charge in [0.25, 0.3) is 0 Å². The molecule has 0 aromatic heterocycles. The van der Waals surface area contributed by atoms with E-state index in [-0.39, 0.29) is 11.5 Å². The average molecular weight is 323 g/mol. The van der Waals surface area contributed by atoms with Gasteiger partial charge in [-0.25, -0.2) is 0 Å². The van der Waals surface area contributed by atoms with Crippen LogP contribution in [0.2, 0.25) is 0 Å². The van der Waals surface area contributed by atoms with Crippen LogP contribution in [0, 0.1) is 0 Å². The maximum Gasteiger partial charge on any atom is 0.387 e. The first-order valence-electron chi connectivity index (χ1n) is 7.14. The molecule has 124 valence electrons. The Morgan fingerprint density at radius 1 is 1.09 bits per heavy atom. The number of aromatic hydroxyl groups is 1. The lowest BCUT2D eigenvalue weighted by atomic mass is 10.1. The van der Waals surface area contributed by atoms with Gasteiger partial charge in [-0.2, -0.15) is 8.78 Å². The highest BCUT2D eigenvalue weighted by Crippen LogP contribution is 2.22. The number of rotatable bonds is 7. The Morgan fingerprint density at radius 2 is 1.74 bits per heavy atom. The summed E-state index contributed by atoms with van der Waals surface area (Å²) >= 11 is 0. The van der Waals surface area contributed by atoms with Gasteiger partial charge in [-0.1, -0.05) is 30.3 Å². The smallest absolute Gasteiger partial charge is 0.387 e. The van der Waals surface area contributed by atoms with Crippen molar-refractivity contribution in [2.24, 2.45) is 0 Å². The fraction of sp³-hybridized carbons (Fsp3) is 0.294. The Hall–Kier alpha value is -2.18. The van der Waals surface area contributed by atoms with E-state index in [0.29, 0.717) is 18.7 Å². The zero-order valence-corrected chi connectivity index (χ0v) is 12.7. The quantitative estimate of drug-likeness (QED) is 0.822. The largest absolute Gasteiger partial charge is 0.508 e. The van der Waals surface area contributed by atoms with Gasteiger partial charge in [0, 0.05) is 18.7 Å². The van der Waals surface area contributed by atoms with E-state index < -0.39 is 12.7 Å². The van der Waals surface area contributed by atoms with Gasteiger partial charge in [0.05, 0.1) is 6.10 Å². The maximum absolute atomic E-state index is 12.1. The summed E-state index contributed by atoms with van der Waals surface area (Å²) < 4.78 is 28.5. The van der Waals surface area contributed by atoms with Crippen LogP contribution in [0.5, 0.6) is 11.5 Å². The normalized spacial score (nSPS) is 12.6. The highest BCUT2D eigenvalue weighted by molar-refractivity contribution is 5.32. The summed E-state index contributed by atoms with van der Waals surface area (Å²) in [5.41, 5.74) is 1.37. The monoisotopic (exact) mass is 323 g/mol. The summed E-state index contributed by atoms with van der Waals surface area (Å²) in [4.78, 5) is 1.86. The third kappa shape index (κ3) is 5.19. The zero-order valence-electron chi connectivity index (χ0n) is 12.7. The molecule has 0 aliphatic heterocycles. The standard InChI is InChI=1S/C17H19F2NO3/c1-20(10-13-4-2-3-5-15(13)21)11-16(22)12-6-8-14(9-7-12)23-17(18)19/h2-9,16-17,21-22H,10-11H2,1H3. The lowest BCUT2D eigenvalue weighted by molar-refractivity contribution is -0.0498. The topological polar surface area (TPSA) is 52.9 Å². The van der Waals surface area contributed by atoms with Gasteiger partial charge in [-0.05, 0) is 30.8 Å². The molecule has 4 nitrogen and oxygen atoms in total. The lowest BCUT2D eigenvalue weighted by Gasteiger charge is -2.21. The van der Waals surface area contributed by atoms with Crippen molar-refractivity contribution in [3.05, 3.63) is 59.7 Å². The van der Waals surface area contributed by atoms with Crippen LogP contribution in [-0.4, -0.2) is 35.3 Å². The van der Waals surface area contributed by atoms with Crippen molar-refractivity contribution in [3.63, 3.8) is 0 Å². The molecule has 2 N–H and O–H groups in total. The Balaban J connectivity index is 1.93. The molecule has 0 heterocycles. The number of para-hydroxylation sites is 1. The fourth-order valence-electron chi connectivity index (χ4n) is 2.27. The van der Waals surface area contributed by atoms with Crippen molar-refractivity contribution < 1.29 is 23.7 Å². The first kappa shape index (κ1) is 17.2. The zero-order chi connectivity index (χ0) is 16.8. The molecule has 0 amide bonds. The van der Waals surface area contributed by atoms with Crippen LogP contribution in [0.15, 0.2) is 48.5 Å². The van der Waals surface area contributed by atoms with Gasteiger partial charge >= 0.3 is 6.61 Å². The third-order valence-electron chi connectivity index (χ3n) is 3.41. The Bertz CT molecular complexity index is 619. The first-order chi connectivity index (χ1) is 11.0. The van der Waals surface area contributed by atoms with Crippen LogP contribution in [-0.2, 0) is 6.54 Å². The molecule has 0 radical (unpaired) electrons. The molecule has 2 aromatic rings. The van der Waals surface area contributed by atoms with Gasteiger partial charge in [0.1, 0.15) is 11.5 Å². The second-order valence-corrected chi connectivity index (χ2v) is 5.29. The molecule has 1 unspecified atom stereocenters. The van der Waals surface area contributed by atoms with Gasteiger partial charge < -0.3 is 14.9 Å². The molecule has 0 aliphatic rings. The van der Waals surface area contributed by atoms with Crippen molar-refractivity contribution in [2.75, 3.05) is 13.6 Å². The van der Waals surface area contributed by atoms with Crippen molar-refractivity contribution in [3.8, 4) is 11.5 Å². The summed E-state index contributed by atoms with van der Waals surface area (Å²) in [5, 5.41) is 20.0. The number of phenols is 1. The molecule has 23 heavy (non-hydrogen) atoms. The predicted molar refractivity (Wildman–Crippen MR) is 82.5 cm³/mol. The number of hydrogen-bond donors (Lipinski definition) is 2. The number of likely N-dealkylation sites (N-methyl/N-ethyl adjacent to an activating group) is 1. The molecule has 0 fully saturated rings. The molecule has 2 rings (SSSR count). The van der Waals surface area contributed by atoms with E-state index in [2.05, 4.69) is 4.74 Å². The van der Waals surface area contributed by atoms with Crippen molar-refractivity contribution in [1.29, 1.82) is 0 Å². The number of hydrogen-bond acceptors (Lipinski definition) is 4. The SMILES string of the molecule is CN(Cc1ccccc1O)CC(O)c1ccc(OC(F)F)cc1. The predicted octanol–water partition coefficient (Wildman–Crippen LogP) is 3.16. The second kappa shape index (κ2) is 7.89. The minimum absolute atomic E-state index is 0.0542. The number of nitrogens with zero attached hydrogens (tertiary/aromatic N) is 1. The molecule has 0 bridgehead atoms. The number of aliphatic hydroxyl groups excluding tert-OH is 1. The average Bonchev–Trinajstić information content (AvgIpc) is 2.49. The number of halogens is 2. The first-order valence-corrected chi connectivity index (χ1v) is 7.14. The van der Waals surface area contributed by atoms with E-state index in [0.717, 1.165) is 5.56 Å². The summed E-state index contributed by atoms with van der Waals surface area (Å²) in [6, 6.07) is 12.9. The molecule has 0 aliphatic carbocycles. The van der Waals surface area contributed by atoms with E-state index in [4.69, 9.17) is 0 Å². The van der Waals surface area contributed by atoms with Gasteiger partial charge in [0.15, 0.2) is 0 Å². The number of benzene rings is 2. The minimum Gasteiger partial charge on any atom is -0.508 e. The van der Waals surface area contributed by atoms with E-state index >= 15 is 0 Å². The molecule has 0 saturated carbocycles. The number of alkyl halides is 2. The van der Waals surface area contributed by atoms with E-state index in [1.807, 2.05) is 24.1 Å². The third-order valence-corrected chi connectivity index (χ3v) is 3.41. The van der Waals surface area contributed by atoms with Crippen molar-refractivity contribution in [1.82, 2.24) is 4.90 Å². The molecule has 1 atom stereocenters. The summed E-state index contributed by atoms with van der Waals surface area (Å²) in [6.45, 7) is -2.05. The van der Waals surface area contributed by atoms with E-state index in [1.54, 1.807) is 24.3 Å². The fourth-order valence-corrected chi connectivity index (χ4v) is 2.27. The van der Waals surface area contributed by atoms with Gasteiger partial charge in [-0.15, -0.1) is 0 Å². The van der Waals surface area contributed by atoms with Gasteiger partial charge in [-0.3, -0.25) is 4.90 Å². The summed E-state index contributed by atoms with van der Waals surface area (Å²) in [5.74, 6) is 0.265. The number of aliphatic hydroxyl groups is 1. The minimum atomic E-state index is -2.87. The molecular weight excluding hydrogens is 304 g/mol. The van der Waals surface area contributed by atoms with Crippen LogP contribution in [0.4, 0.5) is 8.78 Å². The highest BCUT2D eigenvalue weighted by Gasteiger charge is 2.13. The van der Waals surface area contributed by atoms with Crippen LogP contribution < -0.4 is 4.74 Å². The maximum atomic E-state index is 12.1. The molecule has 6 heteroatoms. The van der Waals surface area contributed by atoms with Crippen molar-refractivity contribution in [2.45, 2.75) is 19.3 Å². The number of ether oxygens (including phenoxy) is 1. The van der Waals surface area contributed by atoms with Crippen LogP contribution >= 0.6 is 0 Å². The summed E-state index contributed by atoms with van der Waals surface area (Å²) in [7, 11) is 1.82. The molecule has 0 saturated heterocycles. The van der Waals surface area contributed by atoms with E-state index in [1.165, 1.54) is 12.1 Å². The lowest BCUT2D eigenvalue weighted by Crippen LogP contribution is -2.24. The Labute approximate surface area is 133 Å². The van der Waals surface area contributed by atoms with Crippen molar-refractivity contribution >= 4 is 0 Å². The highest BCUT2D eigenvalue weighted by atomic mass is 19.3. The number of phenolic OH excluding ortho intramolecular Hbond substituents is 1. The van der Waals surface area contributed by atoms with Crippen LogP contribution in [0.1, 0.15) is 17.2 Å². The Morgan fingerprint density at radius 3 is 2.35 bits per heavy atom.